The lowest BCUT2D eigenvalue weighted by atomic mass is 9.79. The minimum atomic E-state index is -0.181. The smallest absolute Gasteiger partial charge is 0.0609 e. The van der Waals surface area contributed by atoms with Gasteiger partial charge in [0.1, 0.15) is 0 Å². The van der Waals surface area contributed by atoms with E-state index in [1.54, 1.807) is 6.20 Å². The SMILES string of the molecule is OC(Cc1cncc(Br)c1)C1CCC1. The van der Waals surface area contributed by atoms with E-state index in [1.807, 2.05) is 12.3 Å². The predicted molar refractivity (Wildman–Crippen MR) is 59.0 cm³/mol. The van der Waals surface area contributed by atoms with Gasteiger partial charge >= 0.3 is 0 Å². The molecule has 0 aliphatic heterocycles. The van der Waals surface area contributed by atoms with Crippen LogP contribution in [0.4, 0.5) is 0 Å². The molecule has 0 radical (unpaired) electrons. The third-order valence-electron chi connectivity index (χ3n) is 2.90. The third-order valence-corrected chi connectivity index (χ3v) is 3.33. The zero-order chi connectivity index (χ0) is 9.97. The average molecular weight is 256 g/mol. The molecule has 76 valence electrons. The van der Waals surface area contributed by atoms with Crippen molar-refractivity contribution in [2.75, 3.05) is 0 Å². The summed E-state index contributed by atoms with van der Waals surface area (Å²) in [5, 5.41) is 9.87. The van der Waals surface area contributed by atoms with Crippen molar-refractivity contribution in [1.82, 2.24) is 4.98 Å². The van der Waals surface area contributed by atoms with Gasteiger partial charge in [-0.3, -0.25) is 4.98 Å². The van der Waals surface area contributed by atoms with Crippen molar-refractivity contribution in [3.8, 4) is 0 Å². The molecule has 1 fully saturated rings. The maximum absolute atomic E-state index is 9.87. The number of hydrogen-bond acceptors (Lipinski definition) is 2. The second kappa shape index (κ2) is 4.41. The lowest BCUT2D eigenvalue weighted by Gasteiger charge is -2.30. The van der Waals surface area contributed by atoms with Gasteiger partial charge in [-0.15, -0.1) is 0 Å². The highest BCUT2D eigenvalue weighted by Crippen LogP contribution is 2.31. The molecule has 0 amide bonds. The van der Waals surface area contributed by atoms with Gasteiger partial charge in [0.15, 0.2) is 0 Å². The summed E-state index contributed by atoms with van der Waals surface area (Å²) in [4.78, 5) is 4.08. The van der Waals surface area contributed by atoms with Gasteiger partial charge in [-0.1, -0.05) is 6.42 Å². The molecule has 2 rings (SSSR count). The first-order valence-electron chi connectivity index (χ1n) is 5.03. The number of nitrogens with zero attached hydrogens (tertiary/aromatic N) is 1. The van der Waals surface area contributed by atoms with Crippen LogP contribution in [0.3, 0.4) is 0 Å². The summed E-state index contributed by atoms with van der Waals surface area (Å²) in [6.45, 7) is 0. The molecule has 1 aliphatic carbocycles. The van der Waals surface area contributed by atoms with Crippen LogP contribution in [0.15, 0.2) is 22.9 Å². The van der Waals surface area contributed by atoms with Crippen LogP contribution in [0.1, 0.15) is 24.8 Å². The van der Waals surface area contributed by atoms with Crippen LogP contribution >= 0.6 is 15.9 Å². The van der Waals surface area contributed by atoms with Crippen molar-refractivity contribution in [1.29, 1.82) is 0 Å². The number of aliphatic hydroxyl groups excluding tert-OH is 1. The first-order chi connectivity index (χ1) is 6.75. The summed E-state index contributed by atoms with van der Waals surface area (Å²) in [6, 6.07) is 2.02. The van der Waals surface area contributed by atoms with Gasteiger partial charge in [0.2, 0.25) is 0 Å². The molecule has 3 heteroatoms. The third kappa shape index (κ3) is 2.34. The second-order valence-corrected chi connectivity index (χ2v) is 4.89. The van der Waals surface area contributed by atoms with Gasteiger partial charge in [-0.2, -0.15) is 0 Å². The van der Waals surface area contributed by atoms with Gasteiger partial charge in [0.25, 0.3) is 0 Å². The zero-order valence-corrected chi connectivity index (χ0v) is 9.57. The van der Waals surface area contributed by atoms with Crippen LogP contribution in [0.25, 0.3) is 0 Å². The number of halogens is 1. The first kappa shape index (κ1) is 10.1. The lowest BCUT2D eigenvalue weighted by Crippen LogP contribution is -2.28. The Bertz CT molecular complexity index is 312. The summed E-state index contributed by atoms with van der Waals surface area (Å²) >= 11 is 3.38. The van der Waals surface area contributed by atoms with Gasteiger partial charge in [-0.05, 0) is 46.3 Å². The molecule has 1 aliphatic rings. The van der Waals surface area contributed by atoms with E-state index in [2.05, 4.69) is 20.9 Å². The van der Waals surface area contributed by atoms with Gasteiger partial charge in [-0.25, -0.2) is 0 Å². The van der Waals surface area contributed by atoms with Crippen molar-refractivity contribution in [2.45, 2.75) is 31.8 Å². The molecule has 1 heterocycles. The summed E-state index contributed by atoms with van der Waals surface area (Å²) in [7, 11) is 0. The molecule has 1 atom stereocenters. The Morgan fingerprint density at radius 2 is 2.29 bits per heavy atom. The minimum absolute atomic E-state index is 0.181. The standard InChI is InChI=1S/C11H14BrNO/c12-10-4-8(6-13-7-10)5-11(14)9-2-1-3-9/h4,6-7,9,11,14H,1-3,5H2. The Labute approximate surface area is 92.5 Å². The van der Waals surface area contributed by atoms with Crippen molar-refractivity contribution >= 4 is 15.9 Å². The molecule has 0 aromatic carbocycles. The van der Waals surface area contributed by atoms with Crippen LogP contribution in [0.5, 0.6) is 0 Å². The molecule has 0 saturated heterocycles. The quantitative estimate of drug-likeness (QED) is 0.901. The molecule has 0 spiro atoms. The van der Waals surface area contributed by atoms with E-state index in [0.29, 0.717) is 5.92 Å². The fourth-order valence-corrected chi connectivity index (χ4v) is 2.21. The first-order valence-corrected chi connectivity index (χ1v) is 5.82. The van der Waals surface area contributed by atoms with Crippen LogP contribution in [0.2, 0.25) is 0 Å². The number of aromatic nitrogens is 1. The normalized spacial score (nSPS) is 19.0. The minimum Gasteiger partial charge on any atom is -0.392 e. The topological polar surface area (TPSA) is 33.1 Å². The molecule has 2 nitrogen and oxygen atoms in total. The van der Waals surface area contributed by atoms with E-state index in [9.17, 15) is 5.11 Å². The van der Waals surface area contributed by atoms with Gasteiger partial charge < -0.3 is 5.11 Å². The summed E-state index contributed by atoms with van der Waals surface area (Å²) < 4.78 is 0.982. The Kier molecular flexibility index (Phi) is 3.19. The highest BCUT2D eigenvalue weighted by atomic mass is 79.9. The van der Waals surface area contributed by atoms with Gasteiger partial charge in [0, 0.05) is 23.3 Å². The Morgan fingerprint density at radius 1 is 1.50 bits per heavy atom. The van der Waals surface area contributed by atoms with Crippen LogP contribution in [0, 0.1) is 5.92 Å². The van der Waals surface area contributed by atoms with Crippen molar-refractivity contribution in [3.63, 3.8) is 0 Å². The highest BCUT2D eigenvalue weighted by Gasteiger charge is 2.25. The number of pyridine rings is 1. The highest BCUT2D eigenvalue weighted by molar-refractivity contribution is 9.10. The molecule has 1 unspecified atom stereocenters. The van der Waals surface area contributed by atoms with Crippen molar-refractivity contribution < 1.29 is 5.11 Å². The Balaban J connectivity index is 1.95. The summed E-state index contributed by atoms with van der Waals surface area (Å²) in [5.74, 6) is 0.522. The van der Waals surface area contributed by atoms with Gasteiger partial charge in [0.05, 0.1) is 6.10 Å². The van der Waals surface area contributed by atoms with E-state index in [4.69, 9.17) is 0 Å². The molecular weight excluding hydrogens is 242 g/mol. The Hall–Kier alpha value is -0.410. The summed E-state index contributed by atoms with van der Waals surface area (Å²) in [6.07, 6.45) is 7.78. The molecule has 1 saturated carbocycles. The van der Waals surface area contributed by atoms with E-state index < -0.39 is 0 Å². The molecule has 1 aromatic rings. The zero-order valence-electron chi connectivity index (χ0n) is 7.99. The predicted octanol–water partition coefficient (Wildman–Crippen LogP) is 2.55. The molecular formula is C11H14BrNO. The number of aliphatic hydroxyl groups is 1. The average Bonchev–Trinajstić information content (AvgIpc) is 1.99. The second-order valence-electron chi connectivity index (χ2n) is 3.97. The van der Waals surface area contributed by atoms with Crippen LogP contribution < -0.4 is 0 Å². The van der Waals surface area contributed by atoms with E-state index in [1.165, 1.54) is 19.3 Å². The summed E-state index contributed by atoms with van der Waals surface area (Å²) in [5.41, 5.74) is 1.11. The fraction of sp³-hybridized carbons (Fsp3) is 0.545. The fourth-order valence-electron chi connectivity index (χ4n) is 1.80. The number of rotatable bonds is 3. The van der Waals surface area contributed by atoms with Crippen LogP contribution in [-0.2, 0) is 6.42 Å². The van der Waals surface area contributed by atoms with E-state index in [0.717, 1.165) is 16.5 Å². The number of hydrogen-bond donors (Lipinski definition) is 1. The monoisotopic (exact) mass is 255 g/mol. The van der Waals surface area contributed by atoms with E-state index in [-0.39, 0.29) is 6.10 Å². The lowest BCUT2D eigenvalue weighted by molar-refractivity contribution is 0.0629. The maximum atomic E-state index is 9.87. The molecule has 14 heavy (non-hydrogen) atoms. The molecule has 1 aromatic heterocycles. The van der Waals surface area contributed by atoms with Crippen LogP contribution in [-0.4, -0.2) is 16.2 Å². The molecule has 1 N–H and O–H groups in total. The largest absolute Gasteiger partial charge is 0.392 e. The maximum Gasteiger partial charge on any atom is 0.0609 e. The Morgan fingerprint density at radius 3 is 2.86 bits per heavy atom. The molecule has 0 bridgehead atoms. The van der Waals surface area contributed by atoms with Crippen molar-refractivity contribution in [3.05, 3.63) is 28.5 Å². The van der Waals surface area contributed by atoms with Crippen molar-refractivity contribution in [2.24, 2.45) is 5.92 Å². The van der Waals surface area contributed by atoms with E-state index >= 15 is 0 Å².